The number of carbonyl (C=O) groups is 1. The number of hydrogen-bond donors (Lipinski definition) is 1. The lowest BCUT2D eigenvalue weighted by molar-refractivity contribution is -0.120. The van der Waals surface area contributed by atoms with E-state index in [9.17, 15) is 4.79 Å². The van der Waals surface area contributed by atoms with Gasteiger partial charge in [-0.05, 0) is 44.8 Å². The molecule has 122 valence electrons. The molecule has 0 saturated heterocycles. The van der Waals surface area contributed by atoms with Gasteiger partial charge in [-0.1, -0.05) is 42.0 Å². The molecule has 0 bridgehead atoms. The standard InChI is InChI=1S/C19H24N2OS/c1-14-9-11-16(12-10-14)13-21(3)15(2)19(22)20-17-7-5-6-8-18(17)23-4/h5-12,15H,13H2,1-4H3,(H,20,22)/t15-/m0/s1. The maximum atomic E-state index is 12.5. The van der Waals surface area contributed by atoms with E-state index in [0.717, 1.165) is 17.1 Å². The molecule has 4 heteroatoms. The SMILES string of the molecule is CSc1ccccc1NC(=O)[C@H](C)N(C)Cc1ccc(C)cc1. The van der Waals surface area contributed by atoms with Crippen molar-refractivity contribution >= 4 is 23.4 Å². The van der Waals surface area contributed by atoms with Crippen LogP contribution in [0.3, 0.4) is 0 Å². The van der Waals surface area contributed by atoms with Crippen molar-refractivity contribution in [3.8, 4) is 0 Å². The van der Waals surface area contributed by atoms with Crippen LogP contribution in [0.2, 0.25) is 0 Å². The fourth-order valence-electron chi connectivity index (χ4n) is 2.30. The Morgan fingerprint density at radius 2 is 1.83 bits per heavy atom. The van der Waals surface area contributed by atoms with Gasteiger partial charge in [0, 0.05) is 11.4 Å². The van der Waals surface area contributed by atoms with Crippen LogP contribution in [-0.4, -0.2) is 30.2 Å². The number of likely N-dealkylation sites (N-methyl/N-ethyl adjacent to an activating group) is 1. The summed E-state index contributed by atoms with van der Waals surface area (Å²) in [5, 5.41) is 3.04. The predicted octanol–water partition coefficient (Wildman–Crippen LogP) is 4.18. The number of nitrogens with zero attached hydrogens (tertiary/aromatic N) is 1. The fraction of sp³-hybridized carbons (Fsp3) is 0.316. The lowest BCUT2D eigenvalue weighted by atomic mass is 10.1. The molecule has 0 aliphatic heterocycles. The first-order valence-corrected chi connectivity index (χ1v) is 8.93. The predicted molar refractivity (Wildman–Crippen MR) is 99.0 cm³/mol. The van der Waals surface area contributed by atoms with Crippen LogP contribution in [0.4, 0.5) is 5.69 Å². The topological polar surface area (TPSA) is 32.3 Å². The number of para-hydroxylation sites is 1. The number of anilines is 1. The lowest BCUT2D eigenvalue weighted by Gasteiger charge is -2.24. The van der Waals surface area contributed by atoms with Crippen molar-refractivity contribution in [1.82, 2.24) is 4.90 Å². The molecule has 0 spiro atoms. The quantitative estimate of drug-likeness (QED) is 0.808. The van der Waals surface area contributed by atoms with Crippen molar-refractivity contribution < 1.29 is 4.79 Å². The zero-order valence-electron chi connectivity index (χ0n) is 14.2. The Balaban J connectivity index is 1.99. The van der Waals surface area contributed by atoms with Crippen LogP contribution in [-0.2, 0) is 11.3 Å². The van der Waals surface area contributed by atoms with Crippen LogP contribution in [0, 0.1) is 6.92 Å². The van der Waals surface area contributed by atoms with E-state index in [1.54, 1.807) is 11.8 Å². The Labute approximate surface area is 143 Å². The Morgan fingerprint density at radius 1 is 1.17 bits per heavy atom. The molecule has 1 amide bonds. The van der Waals surface area contributed by atoms with Gasteiger partial charge in [0.2, 0.25) is 5.91 Å². The van der Waals surface area contributed by atoms with Crippen molar-refractivity contribution in [2.75, 3.05) is 18.6 Å². The van der Waals surface area contributed by atoms with Gasteiger partial charge in [-0.15, -0.1) is 11.8 Å². The van der Waals surface area contributed by atoms with Crippen molar-refractivity contribution in [2.24, 2.45) is 0 Å². The zero-order valence-corrected chi connectivity index (χ0v) is 15.0. The minimum absolute atomic E-state index is 0.0149. The number of hydrogen-bond acceptors (Lipinski definition) is 3. The molecule has 1 atom stereocenters. The summed E-state index contributed by atoms with van der Waals surface area (Å²) in [5.74, 6) is 0.0149. The van der Waals surface area contributed by atoms with Crippen molar-refractivity contribution in [2.45, 2.75) is 31.3 Å². The Hall–Kier alpha value is -1.78. The number of carbonyl (C=O) groups excluding carboxylic acids is 1. The smallest absolute Gasteiger partial charge is 0.241 e. The molecule has 0 radical (unpaired) electrons. The molecule has 3 nitrogen and oxygen atoms in total. The molecule has 23 heavy (non-hydrogen) atoms. The summed E-state index contributed by atoms with van der Waals surface area (Å²) in [6.07, 6.45) is 2.01. The minimum atomic E-state index is -0.203. The third-order valence-electron chi connectivity index (χ3n) is 3.96. The highest BCUT2D eigenvalue weighted by Gasteiger charge is 2.19. The molecular weight excluding hydrogens is 304 g/mol. The second-order valence-corrected chi connectivity index (χ2v) is 6.61. The summed E-state index contributed by atoms with van der Waals surface area (Å²) in [4.78, 5) is 15.6. The normalized spacial score (nSPS) is 12.2. The highest BCUT2D eigenvalue weighted by atomic mass is 32.2. The maximum Gasteiger partial charge on any atom is 0.241 e. The summed E-state index contributed by atoms with van der Waals surface area (Å²) >= 11 is 1.63. The average Bonchev–Trinajstić information content (AvgIpc) is 2.56. The van der Waals surface area contributed by atoms with Gasteiger partial charge in [0.1, 0.15) is 0 Å². The van der Waals surface area contributed by atoms with Crippen LogP contribution in [0.25, 0.3) is 0 Å². The number of benzene rings is 2. The molecule has 1 N–H and O–H groups in total. The van der Waals surface area contributed by atoms with Crippen molar-refractivity contribution in [1.29, 1.82) is 0 Å². The molecule has 2 aromatic carbocycles. The summed E-state index contributed by atoms with van der Waals surface area (Å²) in [6, 6.07) is 16.1. The van der Waals surface area contributed by atoms with E-state index in [-0.39, 0.29) is 11.9 Å². The van der Waals surface area contributed by atoms with Crippen LogP contribution in [0.5, 0.6) is 0 Å². The van der Waals surface area contributed by atoms with Gasteiger partial charge in [-0.25, -0.2) is 0 Å². The highest BCUT2D eigenvalue weighted by Crippen LogP contribution is 2.24. The fourth-order valence-corrected chi connectivity index (χ4v) is 2.86. The van der Waals surface area contributed by atoms with Gasteiger partial charge < -0.3 is 5.32 Å². The van der Waals surface area contributed by atoms with E-state index >= 15 is 0 Å². The van der Waals surface area contributed by atoms with Gasteiger partial charge in [-0.3, -0.25) is 9.69 Å². The molecule has 2 aromatic rings. The van der Waals surface area contributed by atoms with E-state index < -0.39 is 0 Å². The number of aryl methyl sites for hydroxylation is 1. The van der Waals surface area contributed by atoms with E-state index in [1.165, 1.54) is 11.1 Å². The summed E-state index contributed by atoms with van der Waals surface area (Å²) in [6.45, 7) is 4.76. The second kappa shape index (κ2) is 8.18. The van der Waals surface area contributed by atoms with Crippen LogP contribution in [0.15, 0.2) is 53.4 Å². The molecule has 0 heterocycles. The Kier molecular flexibility index (Phi) is 6.25. The van der Waals surface area contributed by atoms with E-state index in [4.69, 9.17) is 0 Å². The number of amides is 1. The van der Waals surface area contributed by atoms with Gasteiger partial charge in [-0.2, -0.15) is 0 Å². The monoisotopic (exact) mass is 328 g/mol. The molecule has 0 aliphatic rings. The van der Waals surface area contributed by atoms with Crippen molar-refractivity contribution in [3.63, 3.8) is 0 Å². The third-order valence-corrected chi connectivity index (χ3v) is 4.75. The summed E-state index contributed by atoms with van der Waals surface area (Å²) in [7, 11) is 1.98. The first-order chi connectivity index (χ1) is 11.0. The second-order valence-electron chi connectivity index (χ2n) is 5.77. The first-order valence-electron chi connectivity index (χ1n) is 7.71. The molecule has 0 aromatic heterocycles. The zero-order chi connectivity index (χ0) is 16.8. The largest absolute Gasteiger partial charge is 0.324 e. The molecule has 2 rings (SSSR count). The number of rotatable bonds is 6. The Morgan fingerprint density at radius 3 is 2.48 bits per heavy atom. The van der Waals surface area contributed by atoms with Crippen LogP contribution in [0.1, 0.15) is 18.1 Å². The first kappa shape index (κ1) is 17.6. The summed E-state index contributed by atoms with van der Waals surface area (Å²) < 4.78 is 0. The van der Waals surface area contributed by atoms with E-state index in [0.29, 0.717) is 0 Å². The Bertz CT molecular complexity index is 655. The van der Waals surface area contributed by atoms with Gasteiger partial charge in [0.05, 0.1) is 11.7 Å². The number of nitrogens with one attached hydrogen (secondary N) is 1. The molecule has 0 fully saturated rings. The molecule has 0 saturated carbocycles. The molecular formula is C19H24N2OS. The van der Waals surface area contributed by atoms with E-state index in [1.807, 2.05) is 44.5 Å². The summed E-state index contributed by atoms with van der Waals surface area (Å²) in [5.41, 5.74) is 3.33. The molecule has 0 unspecified atom stereocenters. The highest BCUT2D eigenvalue weighted by molar-refractivity contribution is 7.98. The van der Waals surface area contributed by atoms with Gasteiger partial charge in [0.15, 0.2) is 0 Å². The average molecular weight is 328 g/mol. The van der Waals surface area contributed by atoms with Gasteiger partial charge in [0.25, 0.3) is 0 Å². The lowest BCUT2D eigenvalue weighted by Crippen LogP contribution is -2.39. The van der Waals surface area contributed by atoms with Crippen molar-refractivity contribution in [3.05, 3.63) is 59.7 Å². The van der Waals surface area contributed by atoms with E-state index in [2.05, 4.69) is 41.4 Å². The minimum Gasteiger partial charge on any atom is -0.324 e. The van der Waals surface area contributed by atoms with Gasteiger partial charge >= 0.3 is 0 Å². The number of thioether (sulfide) groups is 1. The van der Waals surface area contributed by atoms with Crippen LogP contribution >= 0.6 is 11.8 Å². The maximum absolute atomic E-state index is 12.5. The molecule has 0 aliphatic carbocycles. The third kappa shape index (κ3) is 4.85. The van der Waals surface area contributed by atoms with Crippen LogP contribution < -0.4 is 5.32 Å².